The molecule has 1 rings (SSSR count). The highest BCUT2D eigenvalue weighted by Crippen LogP contribution is 2.32. The van der Waals surface area contributed by atoms with Crippen LogP contribution in [-0.2, 0) is 14.3 Å². The van der Waals surface area contributed by atoms with Crippen LogP contribution < -0.4 is 5.73 Å². The minimum Gasteiger partial charge on any atom is -0.469 e. The number of nitrogens with two attached hydrogens (primary N) is 1. The van der Waals surface area contributed by atoms with Gasteiger partial charge in [-0.2, -0.15) is 0 Å². The second-order valence-electron chi connectivity index (χ2n) is 4.91. The monoisotopic (exact) mass is 286 g/mol. The fraction of sp³-hybridized carbons (Fsp3) is 0.769. The predicted molar refractivity (Wildman–Crippen MR) is 76.5 cm³/mol. The molecule has 0 aromatic rings. The Hall–Kier alpha value is -1.17. The number of carbonyl (C=O) groups is 2. The van der Waals surface area contributed by atoms with Crippen molar-refractivity contribution < 1.29 is 14.3 Å². The van der Waals surface area contributed by atoms with Crippen LogP contribution in [0.15, 0.2) is 0 Å². The van der Waals surface area contributed by atoms with E-state index in [1.165, 1.54) is 7.11 Å². The van der Waals surface area contributed by atoms with E-state index in [1.54, 1.807) is 4.90 Å². The van der Waals surface area contributed by atoms with Crippen LogP contribution in [0, 0.1) is 11.3 Å². The third-order valence-corrected chi connectivity index (χ3v) is 4.49. The molecule has 2 N–H and O–H groups in total. The molecular weight excluding hydrogens is 264 g/mol. The number of hydrogen-bond donors (Lipinski definition) is 1. The van der Waals surface area contributed by atoms with E-state index in [4.69, 9.17) is 22.7 Å². The van der Waals surface area contributed by atoms with E-state index in [2.05, 4.69) is 0 Å². The first-order chi connectivity index (χ1) is 8.92. The molecule has 1 amide bonds. The smallest absolute Gasteiger partial charge is 0.310 e. The lowest BCUT2D eigenvalue weighted by Crippen LogP contribution is -2.49. The summed E-state index contributed by atoms with van der Waals surface area (Å²) >= 11 is 5.08. The van der Waals surface area contributed by atoms with E-state index < -0.39 is 5.41 Å². The SMILES string of the molecule is CCC(CC)(C(=O)N1CCC(C(=O)OC)C1)C(N)=S. The molecule has 6 heteroatoms. The van der Waals surface area contributed by atoms with Gasteiger partial charge in [-0.1, -0.05) is 26.1 Å². The molecule has 108 valence electrons. The largest absolute Gasteiger partial charge is 0.469 e. The van der Waals surface area contributed by atoms with Crippen LogP contribution in [0.4, 0.5) is 0 Å². The van der Waals surface area contributed by atoms with E-state index >= 15 is 0 Å². The lowest BCUT2D eigenvalue weighted by molar-refractivity contribution is -0.145. The van der Waals surface area contributed by atoms with Crippen molar-refractivity contribution in [1.29, 1.82) is 0 Å². The lowest BCUT2D eigenvalue weighted by atomic mass is 9.81. The molecule has 0 saturated carbocycles. The third kappa shape index (κ3) is 2.88. The summed E-state index contributed by atoms with van der Waals surface area (Å²) < 4.78 is 4.72. The maximum atomic E-state index is 12.6. The Morgan fingerprint density at radius 2 is 2.00 bits per heavy atom. The number of esters is 1. The summed E-state index contributed by atoms with van der Waals surface area (Å²) in [4.78, 5) is 26.1. The van der Waals surface area contributed by atoms with Crippen molar-refractivity contribution >= 4 is 29.1 Å². The fourth-order valence-electron chi connectivity index (χ4n) is 2.61. The number of likely N-dealkylation sites (tertiary alicyclic amines) is 1. The third-order valence-electron chi connectivity index (χ3n) is 4.10. The van der Waals surface area contributed by atoms with E-state index in [0.717, 1.165) is 0 Å². The normalized spacial score (nSPS) is 19.3. The zero-order valence-electron chi connectivity index (χ0n) is 11.8. The van der Waals surface area contributed by atoms with Gasteiger partial charge in [0.2, 0.25) is 5.91 Å². The van der Waals surface area contributed by atoms with Gasteiger partial charge >= 0.3 is 5.97 Å². The molecule has 1 fully saturated rings. The molecular formula is C13H22N2O3S. The van der Waals surface area contributed by atoms with Crippen molar-refractivity contribution in [3.8, 4) is 0 Å². The molecule has 1 aliphatic heterocycles. The summed E-state index contributed by atoms with van der Waals surface area (Å²) in [6.07, 6.45) is 1.80. The highest BCUT2D eigenvalue weighted by atomic mass is 32.1. The van der Waals surface area contributed by atoms with Crippen molar-refractivity contribution in [3.63, 3.8) is 0 Å². The number of amides is 1. The first kappa shape index (κ1) is 15.9. The standard InChI is InChI=1S/C13H22N2O3S/c1-4-13(5-2,11(14)19)12(17)15-7-6-9(8-15)10(16)18-3/h9H,4-8H2,1-3H3,(H2,14,19). The summed E-state index contributed by atoms with van der Waals surface area (Å²) in [7, 11) is 1.37. The van der Waals surface area contributed by atoms with Crippen LogP contribution in [0.1, 0.15) is 33.1 Å². The predicted octanol–water partition coefficient (Wildman–Crippen LogP) is 1.10. The summed E-state index contributed by atoms with van der Waals surface area (Å²) in [6.45, 7) is 4.78. The first-order valence-corrected chi connectivity index (χ1v) is 7.00. The number of hydrogen-bond acceptors (Lipinski definition) is 4. The maximum Gasteiger partial charge on any atom is 0.310 e. The highest BCUT2D eigenvalue weighted by molar-refractivity contribution is 7.80. The summed E-state index contributed by atoms with van der Waals surface area (Å²) in [6, 6.07) is 0. The number of rotatable bonds is 5. The molecule has 1 heterocycles. The first-order valence-electron chi connectivity index (χ1n) is 6.60. The lowest BCUT2D eigenvalue weighted by Gasteiger charge is -2.33. The zero-order chi connectivity index (χ0) is 14.6. The van der Waals surface area contributed by atoms with E-state index in [0.29, 0.717) is 32.4 Å². The van der Waals surface area contributed by atoms with Gasteiger partial charge in [-0.15, -0.1) is 0 Å². The molecule has 5 nitrogen and oxygen atoms in total. The van der Waals surface area contributed by atoms with Crippen molar-refractivity contribution in [2.75, 3.05) is 20.2 Å². The Balaban J connectivity index is 2.84. The van der Waals surface area contributed by atoms with Crippen molar-refractivity contribution in [1.82, 2.24) is 4.90 Å². The van der Waals surface area contributed by atoms with Gasteiger partial charge in [0, 0.05) is 13.1 Å². The van der Waals surface area contributed by atoms with Gasteiger partial charge in [0.25, 0.3) is 0 Å². The second kappa shape index (κ2) is 6.32. The minimum atomic E-state index is -0.777. The number of ether oxygens (including phenoxy) is 1. The fourth-order valence-corrected chi connectivity index (χ4v) is 2.99. The Morgan fingerprint density at radius 3 is 2.42 bits per heavy atom. The molecule has 1 saturated heterocycles. The number of methoxy groups -OCH3 is 1. The van der Waals surface area contributed by atoms with E-state index in [-0.39, 0.29) is 22.8 Å². The van der Waals surface area contributed by atoms with Crippen LogP contribution >= 0.6 is 12.2 Å². The molecule has 1 atom stereocenters. The molecule has 0 aromatic carbocycles. The van der Waals surface area contributed by atoms with Gasteiger partial charge < -0.3 is 15.4 Å². The number of thiocarbonyl (C=S) groups is 1. The van der Waals surface area contributed by atoms with Crippen molar-refractivity contribution in [2.45, 2.75) is 33.1 Å². The second-order valence-corrected chi connectivity index (χ2v) is 5.35. The summed E-state index contributed by atoms with van der Waals surface area (Å²) in [5, 5.41) is 0. The quantitative estimate of drug-likeness (QED) is 0.605. The molecule has 1 aliphatic rings. The van der Waals surface area contributed by atoms with Crippen LogP contribution in [-0.4, -0.2) is 42.0 Å². The maximum absolute atomic E-state index is 12.6. The van der Waals surface area contributed by atoms with Crippen LogP contribution in [0.3, 0.4) is 0 Å². The molecule has 0 aromatic heterocycles. The summed E-state index contributed by atoms with van der Waals surface area (Å²) in [5.41, 5.74) is 5.00. The molecule has 1 unspecified atom stereocenters. The van der Waals surface area contributed by atoms with Gasteiger partial charge in [0.1, 0.15) is 0 Å². The Labute approximate surface area is 119 Å². The van der Waals surface area contributed by atoms with Crippen molar-refractivity contribution in [3.05, 3.63) is 0 Å². The topological polar surface area (TPSA) is 72.6 Å². The Morgan fingerprint density at radius 1 is 1.42 bits per heavy atom. The zero-order valence-corrected chi connectivity index (χ0v) is 12.6. The molecule has 0 bridgehead atoms. The minimum absolute atomic E-state index is 0.0589. The van der Waals surface area contributed by atoms with Crippen LogP contribution in [0.5, 0.6) is 0 Å². The van der Waals surface area contributed by atoms with Gasteiger partial charge in [0.15, 0.2) is 0 Å². The van der Waals surface area contributed by atoms with Crippen LogP contribution in [0.25, 0.3) is 0 Å². The van der Waals surface area contributed by atoms with Gasteiger partial charge in [-0.25, -0.2) is 0 Å². The van der Waals surface area contributed by atoms with E-state index in [1.807, 2.05) is 13.8 Å². The van der Waals surface area contributed by atoms with Gasteiger partial charge in [0.05, 0.1) is 23.4 Å². The number of nitrogens with zero attached hydrogens (tertiary/aromatic N) is 1. The average molecular weight is 286 g/mol. The molecule has 0 radical (unpaired) electrons. The average Bonchev–Trinajstić information content (AvgIpc) is 2.88. The van der Waals surface area contributed by atoms with Crippen molar-refractivity contribution in [2.24, 2.45) is 17.1 Å². The number of carbonyl (C=O) groups excluding carboxylic acids is 2. The van der Waals surface area contributed by atoms with Gasteiger partial charge in [-0.3, -0.25) is 9.59 Å². The van der Waals surface area contributed by atoms with Crippen LogP contribution in [0.2, 0.25) is 0 Å². The van der Waals surface area contributed by atoms with Gasteiger partial charge in [-0.05, 0) is 19.3 Å². The highest BCUT2D eigenvalue weighted by Gasteiger charge is 2.43. The Kier molecular flexibility index (Phi) is 5.29. The molecule has 0 aliphatic carbocycles. The summed E-state index contributed by atoms with van der Waals surface area (Å²) in [5.74, 6) is -0.549. The Bertz CT molecular complexity index is 380. The van der Waals surface area contributed by atoms with E-state index in [9.17, 15) is 9.59 Å². The molecule has 19 heavy (non-hydrogen) atoms. The molecule has 0 spiro atoms.